The van der Waals surface area contributed by atoms with Crippen LogP contribution >= 0.6 is 11.8 Å². The van der Waals surface area contributed by atoms with Crippen LogP contribution in [0, 0.1) is 0 Å². The summed E-state index contributed by atoms with van der Waals surface area (Å²) in [6.45, 7) is 2.31. The summed E-state index contributed by atoms with van der Waals surface area (Å²) in [6.07, 6.45) is 7.24. The second-order valence-electron chi connectivity index (χ2n) is 4.18. The van der Waals surface area contributed by atoms with Crippen LogP contribution in [0.1, 0.15) is 39.0 Å². The molecule has 2 heteroatoms. The number of rotatable bonds is 0. The molecule has 1 saturated heterocycles. The summed E-state index contributed by atoms with van der Waals surface area (Å²) < 4.78 is 0. The van der Waals surface area contributed by atoms with Gasteiger partial charge in [-0.3, -0.25) is 0 Å². The second-order valence-corrected chi connectivity index (χ2v) is 5.46. The third-order valence-corrected chi connectivity index (χ3v) is 4.70. The SMILES string of the molecule is CC1CSC2CCCCCC2N1. The van der Waals surface area contributed by atoms with Gasteiger partial charge in [-0.15, -0.1) is 0 Å². The maximum absolute atomic E-state index is 3.74. The van der Waals surface area contributed by atoms with Crippen LogP contribution in [0.4, 0.5) is 0 Å². The molecule has 0 bridgehead atoms. The Kier molecular flexibility index (Phi) is 2.97. The first-order chi connectivity index (χ1) is 5.86. The van der Waals surface area contributed by atoms with Gasteiger partial charge in [0.2, 0.25) is 0 Å². The first-order valence-electron chi connectivity index (χ1n) is 5.24. The molecular weight excluding hydrogens is 166 g/mol. The normalized spacial score (nSPS) is 43.2. The molecule has 0 radical (unpaired) electrons. The Morgan fingerprint density at radius 3 is 2.92 bits per heavy atom. The molecule has 1 N–H and O–H groups in total. The predicted octanol–water partition coefficient (Wildman–Crippen LogP) is 2.41. The van der Waals surface area contributed by atoms with Crippen molar-refractivity contribution in [1.29, 1.82) is 0 Å². The van der Waals surface area contributed by atoms with Crippen molar-refractivity contribution in [3.05, 3.63) is 0 Å². The molecular formula is C10H19NS. The lowest BCUT2D eigenvalue weighted by Gasteiger charge is -2.34. The first kappa shape index (κ1) is 8.89. The van der Waals surface area contributed by atoms with Crippen LogP contribution in [0.3, 0.4) is 0 Å². The molecule has 1 heterocycles. The van der Waals surface area contributed by atoms with Crippen LogP contribution < -0.4 is 5.32 Å². The highest BCUT2D eigenvalue weighted by Crippen LogP contribution is 2.31. The highest BCUT2D eigenvalue weighted by Gasteiger charge is 2.29. The van der Waals surface area contributed by atoms with E-state index in [1.807, 2.05) is 0 Å². The van der Waals surface area contributed by atoms with Crippen LogP contribution in [0.2, 0.25) is 0 Å². The predicted molar refractivity (Wildman–Crippen MR) is 55.7 cm³/mol. The number of thioether (sulfide) groups is 1. The molecule has 1 aliphatic heterocycles. The van der Waals surface area contributed by atoms with Crippen LogP contribution in [-0.4, -0.2) is 23.1 Å². The average molecular weight is 185 g/mol. The molecule has 0 aromatic carbocycles. The average Bonchev–Trinajstić information content (AvgIpc) is 2.28. The maximum Gasteiger partial charge on any atom is 0.0201 e. The van der Waals surface area contributed by atoms with Crippen LogP contribution in [0.25, 0.3) is 0 Å². The van der Waals surface area contributed by atoms with Crippen molar-refractivity contribution in [1.82, 2.24) is 5.32 Å². The standard InChI is InChI=1S/C10H19NS/c1-8-7-12-10-6-4-2-3-5-9(10)11-8/h8-11H,2-7H2,1H3. The Hall–Kier alpha value is 0.310. The van der Waals surface area contributed by atoms with E-state index in [2.05, 4.69) is 24.0 Å². The smallest absolute Gasteiger partial charge is 0.0201 e. The zero-order valence-electron chi connectivity index (χ0n) is 7.88. The molecule has 2 aliphatic rings. The van der Waals surface area contributed by atoms with Gasteiger partial charge in [0.1, 0.15) is 0 Å². The Morgan fingerprint density at radius 2 is 2.00 bits per heavy atom. The highest BCUT2D eigenvalue weighted by molar-refractivity contribution is 8.00. The van der Waals surface area contributed by atoms with Gasteiger partial charge in [-0.05, 0) is 19.8 Å². The minimum Gasteiger partial charge on any atom is -0.310 e. The van der Waals surface area contributed by atoms with Gasteiger partial charge in [-0.2, -0.15) is 11.8 Å². The minimum atomic E-state index is 0.745. The first-order valence-corrected chi connectivity index (χ1v) is 6.29. The third-order valence-electron chi connectivity index (χ3n) is 3.01. The fourth-order valence-corrected chi connectivity index (χ4v) is 3.76. The van der Waals surface area contributed by atoms with Gasteiger partial charge in [-0.1, -0.05) is 19.3 Å². The highest BCUT2D eigenvalue weighted by atomic mass is 32.2. The molecule has 0 spiro atoms. The van der Waals surface area contributed by atoms with E-state index < -0.39 is 0 Å². The Balaban J connectivity index is 1.94. The summed E-state index contributed by atoms with van der Waals surface area (Å²) in [6, 6.07) is 1.58. The van der Waals surface area contributed by atoms with Crippen molar-refractivity contribution in [2.45, 2.75) is 56.4 Å². The molecule has 0 aromatic heterocycles. The molecule has 3 atom stereocenters. The van der Waals surface area contributed by atoms with E-state index in [1.54, 1.807) is 0 Å². The molecule has 1 saturated carbocycles. The molecule has 2 rings (SSSR count). The maximum atomic E-state index is 3.74. The van der Waals surface area contributed by atoms with Crippen molar-refractivity contribution in [3.63, 3.8) is 0 Å². The zero-order valence-corrected chi connectivity index (χ0v) is 8.70. The summed E-state index contributed by atoms with van der Waals surface area (Å²) in [4.78, 5) is 0. The van der Waals surface area contributed by atoms with Gasteiger partial charge in [-0.25, -0.2) is 0 Å². The quantitative estimate of drug-likeness (QED) is 0.622. The van der Waals surface area contributed by atoms with E-state index in [9.17, 15) is 0 Å². The van der Waals surface area contributed by atoms with Crippen molar-refractivity contribution < 1.29 is 0 Å². The molecule has 1 nitrogen and oxygen atoms in total. The molecule has 0 amide bonds. The molecule has 3 unspecified atom stereocenters. The lowest BCUT2D eigenvalue weighted by molar-refractivity contribution is 0.418. The van der Waals surface area contributed by atoms with Gasteiger partial charge in [0.15, 0.2) is 0 Å². The Morgan fingerprint density at radius 1 is 1.17 bits per heavy atom. The van der Waals surface area contributed by atoms with Gasteiger partial charge < -0.3 is 5.32 Å². The van der Waals surface area contributed by atoms with Gasteiger partial charge in [0, 0.05) is 23.1 Å². The Bertz CT molecular complexity index is 149. The van der Waals surface area contributed by atoms with E-state index in [-0.39, 0.29) is 0 Å². The topological polar surface area (TPSA) is 12.0 Å². The van der Waals surface area contributed by atoms with Crippen LogP contribution in [0.15, 0.2) is 0 Å². The lowest BCUT2D eigenvalue weighted by Crippen LogP contribution is -2.48. The fraction of sp³-hybridized carbons (Fsp3) is 1.00. The van der Waals surface area contributed by atoms with E-state index >= 15 is 0 Å². The monoisotopic (exact) mass is 185 g/mol. The fourth-order valence-electron chi connectivity index (χ4n) is 2.35. The third kappa shape index (κ3) is 1.97. The van der Waals surface area contributed by atoms with Crippen molar-refractivity contribution in [3.8, 4) is 0 Å². The number of fused-ring (bicyclic) bond motifs is 1. The van der Waals surface area contributed by atoms with Crippen molar-refractivity contribution in [2.24, 2.45) is 0 Å². The van der Waals surface area contributed by atoms with Crippen LogP contribution in [0.5, 0.6) is 0 Å². The lowest BCUT2D eigenvalue weighted by atomic mass is 10.1. The minimum absolute atomic E-state index is 0.745. The van der Waals surface area contributed by atoms with Gasteiger partial charge in [0.25, 0.3) is 0 Å². The molecule has 12 heavy (non-hydrogen) atoms. The van der Waals surface area contributed by atoms with E-state index in [0.717, 1.165) is 17.3 Å². The number of hydrogen-bond acceptors (Lipinski definition) is 2. The molecule has 2 fully saturated rings. The van der Waals surface area contributed by atoms with Gasteiger partial charge >= 0.3 is 0 Å². The summed E-state index contributed by atoms with van der Waals surface area (Å²) in [5.74, 6) is 1.32. The van der Waals surface area contributed by atoms with Crippen molar-refractivity contribution in [2.75, 3.05) is 5.75 Å². The summed E-state index contributed by atoms with van der Waals surface area (Å²) in [5, 5.41) is 4.67. The van der Waals surface area contributed by atoms with Gasteiger partial charge in [0.05, 0.1) is 0 Å². The molecule has 1 aliphatic carbocycles. The molecule has 70 valence electrons. The zero-order chi connectivity index (χ0) is 8.39. The molecule has 0 aromatic rings. The summed E-state index contributed by atoms with van der Waals surface area (Å²) >= 11 is 2.21. The summed E-state index contributed by atoms with van der Waals surface area (Å²) in [7, 11) is 0. The van der Waals surface area contributed by atoms with Crippen molar-refractivity contribution >= 4 is 11.8 Å². The van der Waals surface area contributed by atoms with E-state index in [1.165, 1.54) is 37.9 Å². The van der Waals surface area contributed by atoms with Crippen LogP contribution in [-0.2, 0) is 0 Å². The Labute approximate surface area is 79.7 Å². The summed E-state index contributed by atoms with van der Waals surface area (Å²) in [5.41, 5.74) is 0. The number of nitrogens with one attached hydrogen (secondary N) is 1. The number of hydrogen-bond donors (Lipinski definition) is 1. The van der Waals surface area contributed by atoms with E-state index in [0.29, 0.717) is 0 Å². The second kappa shape index (κ2) is 4.01. The largest absolute Gasteiger partial charge is 0.310 e. The van der Waals surface area contributed by atoms with E-state index in [4.69, 9.17) is 0 Å².